The monoisotopic (exact) mass is 370 g/mol. The molecule has 0 unspecified atom stereocenters. The summed E-state index contributed by atoms with van der Waals surface area (Å²) >= 11 is 5.96. The molecular weight excluding hydrogens is 348 g/mol. The Bertz CT molecular complexity index is 802. The van der Waals surface area contributed by atoms with Crippen LogP contribution in [0.15, 0.2) is 42.2 Å². The minimum absolute atomic E-state index is 0.192. The van der Waals surface area contributed by atoms with Gasteiger partial charge in [-0.05, 0) is 62.8 Å². The lowest BCUT2D eigenvalue weighted by Crippen LogP contribution is -2.26. The van der Waals surface area contributed by atoms with Gasteiger partial charge in [0.2, 0.25) is 0 Å². The first-order valence-electron chi connectivity index (χ1n) is 8.93. The van der Waals surface area contributed by atoms with Crippen molar-refractivity contribution in [1.82, 2.24) is 15.3 Å². The van der Waals surface area contributed by atoms with Gasteiger partial charge in [0.1, 0.15) is 11.5 Å². The van der Waals surface area contributed by atoms with Crippen LogP contribution < -0.4 is 10.6 Å². The molecule has 0 saturated carbocycles. The van der Waals surface area contributed by atoms with Crippen molar-refractivity contribution < 1.29 is 4.79 Å². The zero-order valence-corrected chi connectivity index (χ0v) is 15.6. The second-order valence-corrected chi connectivity index (χ2v) is 6.92. The van der Waals surface area contributed by atoms with Gasteiger partial charge in [-0.1, -0.05) is 23.3 Å². The molecule has 0 saturated heterocycles. The van der Waals surface area contributed by atoms with Crippen molar-refractivity contribution in [2.75, 3.05) is 11.9 Å². The Balaban J connectivity index is 1.53. The van der Waals surface area contributed by atoms with Crippen LogP contribution in [0.4, 0.5) is 11.5 Å². The topological polar surface area (TPSA) is 66.9 Å². The number of rotatable bonds is 6. The summed E-state index contributed by atoms with van der Waals surface area (Å²) in [5.41, 5.74) is 3.68. The molecule has 3 rings (SSSR count). The number of nitrogens with one attached hydrogen (secondary N) is 2. The van der Waals surface area contributed by atoms with E-state index < -0.39 is 0 Å². The summed E-state index contributed by atoms with van der Waals surface area (Å²) in [4.78, 5) is 20.7. The van der Waals surface area contributed by atoms with E-state index >= 15 is 0 Å². The molecule has 2 N–H and O–H groups in total. The molecule has 26 heavy (non-hydrogen) atoms. The number of nitrogens with zero attached hydrogens (tertiary/aromatic N) is 2. The van der Waals surface area contributed by atoms with Crippen LogP contribution in [0, 0.1) is 6.92 Å². The van der Waals surface area contributed by atoms with Crippen LogP contribution >= 0.6 is 11.6 Å². The van der Waals surface area contributed by atoms with Crippen LogP contribution in [0.5, 0.6) is 0 Å². The molecule has 0 bridgehead atoms. The smallest absolute Gasteiger partial charge is 0.271 e. The number of halogens is 1. The average Bonchev–Trinajstić information content (AvgIpc) is 2.65. The van der Waals surface area contributed by atoms with E-state index in [4.69, 9.17) is 11.6 Å². The highest BCUT2D eigenvalue weighted by Crippen LogP contribution is 2.22. The van der Waals surface area contributed by atoms with Crippen molar-refractivity contribution in [2.24, 2.45) is 0 Å². The maximum atomic E-state index is 12.2. The molecule has 0 aliphatic heterocycles. The quantitative estimate of drug-likeness (QED) is 0.716. The Morgan fingerprint density at radius 3 is 2.81 bits per heavy atom. The van der Waals surface area contributed by atoms with Crippen LogP contribution in [-0.4, -0.2) is 22.4 Å². The zero-order chi connectivity index (χ0) is 18.4. The first-order valence-corrected chi connectivity index (χ1v) is 9.31. The second kappa shape index (κ2) is 8.81. The third-order valence-electron chi connectivity index (χ3n) is 4.45. The van der Waals surface area contributed by atoms with Gasteiger partial charge in [0, 0.05) is 17.3 Å². The van der Waals surface area contributed by atoms with Crippen LogP contribution in [0.25, 0.3) is 0 Å². The number of aromatic nitrogens is 2. The number of carbonyl (C=O) groups excluding carboxylic acids is 1. The van der Waals surface area contributed by atoms with Crippen LogP contribution in [0.3, 0.4) is 0 Å². The lowest BCUT2D eigenvalue weighted by atomic mass is 9.97. The predicted molar refractivity (Wildman–Crippen MR) is 105 cm³/mol. The van der Waals surface area contributed by atoms with Crippen LogP contribution in [-0.2, 0) is 0 Å². The number of hydrogen-bond donors (Lipinski definition) is 2. The Labute approximate surface area is 158 Å². The molecule has 1 aromatic carbocycles. The van der Waals surface area contributed by atoms with Gasteiger partial charge in [0.25, 0.3) is 5.91 Å². The van der Waals surface area contributed by atoms with Gasteiger partial charge in [-0.15, -0.1) is 0 Å². The van der Waals surface area contributed by atoms with Gasteiger partial charge < -0.3 is 10.6 Å². The summed E-state index contributed by atoms with van der Waals surface area (Å²) in [6.07, 6.45) is 11.1. The first kappa shape index (κ1) is 18.4. The standard InChI is InChI=1S/C20H23ClN4O/c1-14-11-16(21)7-8-17(14)25-19-13-23-18(12-24-19)20(26)22-10-9-15-5-3-2-4-6-15/h5,7-8,11-13H,2-4,6,9-10H2,1H3,(H,22,26)(H,24,25). The fourth-order valence-electron chi connectivity index (χ4n) is 2.97. The van der Waals surface area contributed by atoms with Crippen LogP contribution in [0.1, 0.15) is 48.2 Å². The molecule has 0 radical (unpaired) electrons. The van der Waals surface area contributed by atoms with Gasteiger partial charge in [-0.2, -0.15) is 0 Å². The number of anilines is 2. The highest BCUT2D eigenvalue weighted by atomic mass is 35.5. The molecule has 0 fully saturated rings. The van der Waals surface area contributed by atoms with Crippen molar-refractivity contribution in [3.63, 3.8) is 0 Å². The number of aryl methyl sites for hydroxylation is 1. The summed E-state index contributed by atoms with van der Waals surface area (Å²) in [6.45, 7) is 2.60. The molecule has 1 amide bonds. The van der Waals surface area contributed by atoms with E-state index in [1.807, 2.05) is 25.1 Å². The molecule has 0 atom stereocenters. The maximum Gasteiger partial charge on any atom is 0.271 e. The van der Waals surface area contributed by atoms with Gasteiger partial charge >= 0.3 is 0 Å². The first-order chi connectivity index (χ1) is 12.6. The van der Waals surface area contributed by atoms with Gasteiger partial charge in [0.05, 0.1) is 12.4 Å². The van der Waals surface area contributed by atoms with Crippen molar-refractivity contribution in [2.45, 2.75) is 39.0 Å². The van der Waals surface area contributed by atoms with E-state index in [0.29, 0.717) is 23.1 Å². The number of benzene rings is 1. The van der Waals surface area contributed by atoms with Gasteiger partial charge in [0.15, 0.2) is 0 Å². The predicted octanol–water partition coefficient (Wildman–Crippen LogP) is 4.80. The number of allylic oxidation sites excluding steroid dienone is 1. The molecule has 1 aromatic heterocycles. The summed E-state index contributed by atoms with van der Waals surface area (Å²) in [7, 11) is 0. The van der Waals surface area contributed by atoms with E-state index in [0.717, 1.165) is 30.5 Å². The number of hydrogen-bond acceptors (Lipinski definition) is 4. The van der Waals surface area contributed by atoms with E-state index in [2.05, 4.69) is 26.7 Å². The van der Waals surface area contributed by atoms with Crippen molar-refractivity contribution in [3.8, 4) is 0 Å². The SMILES string of the molecule is Cc1cc(Cl)ccc1Nc1cnc(C(=O)NCCC2=CCCCC2)cn1. The van der Waals surface area contributed by atoms with Crippen molar-refractivity contribution in [1.29, 1.82) is 0 Å². The fraction of sp³-hybridized carbons (Fsp3) is 0.350. The largest absolute Gasteiger partial charge is 0.350 e. The van der Waals surface area contributed by atoms with Gasteiger partial charge in [-0.25, -0.2) is 9.97 Å². The molecule has 1 aliphatic rings. The lowest BCUT2D eigenvalue weighted by Gasteiger charge is -2.13. The minimum atomic E-state index is -0.192. The maximum absolute atomic E-state index is 12.2. The minimum Gasteiger partial charge on any atom is -0.350 e. The highest BCUT2D eigenvalue weighted by molar-refractivity contribution is 6.30. The van der Waals surface area contributed by atoms with E-state index in [-0.39, 0.29) is 5.91 Å². The molecule has 1 heterocycles. The molecule has 1 aliphatic carbocycles. The van der Waals surface area contributed by atoms with E-state index in [9.17, 15) is 4.79 Å². The summed E-state index contributed by atoms with van der Waals surface area (Å²) in [5, 5.41) is 6.78. The van der Waals surface area contributed by atoms with Gasteiger partial charge in [-0.3, -0.25) is 4.79 Å². The summed E-state index contributed by atoms with van der Waals surface area (Å²) in [5.74, 6) is 0.391. The van der Waals surface area contributed by atoms with E-state index in [1.54, 1.807) is 6.20 Å². The van der Waals surface area contributed by atoms with Crippen molar-refractivity contribution >= 4 is 29.0 Å². The average molecular weight is 371 g/mol. The molecule has 5 nitrogen and oxygen atoms in total. The van der Waals surface area contributed by atoms with Crippen LogP contribution in [0.2, 0.25) is 5.02 Å². The molecular formula is C20H23ClN4O. The number of carbonyl (C=O) groups is 1. The zero-order valence-electron chi connectivity index (χ0n) is 14.9. The normalized spacial score (nSPS) is 13.8. The molecule has 0 spiro atoms. The Morgan fingerprint density at radius 2 is 2.12 bits per heavy atom. The molecule has 2 aromatic rings. The number of amides is 1. The lowest BCUT2D eigenvalue weighted by molar-refractivity contribution is 0.0948. The Hall–Kier alpha value is -2.40. The highest BCUT2D eigenvalue weighted by Gasteiger charge is 2.09. The molecule has 136 valence electrons. The second-order valence-electron chi connectivity index (χ2n) is 6.49. The third kappa shape index (κ3) is 5.05. The summed E-state index contributed by atoms with van der Waals surface area (Å²) < 4.78 is 0. The Kier molecular flexibility index (Phi) is 6.23. The Morgan fingerprint density at radius 1 is 1.23 bits per heavy atom. The van der Waals surface area contributed by atoms with Crippen molar-refractivity contribution in [3.05, 3.63) is 58.5 Å². The fourth-order valence-corrected chi connectivity index (χ4v) is 3.20. The summed E-state index contributed by atoms with van der Waals surface area (Å²) in [6, 6.07) is 5.58. The molecule has 6 heteroatoms. The van der Waals surface area contributed by atoms with E-state index in [1.165, 1.54) is 24.6 Å². The third-order valence-corrected chi connectivity index (χ3v) is 4.69.